The third-order valence-electron chi connectivity index (χ3n) is 5.05. The van der Waals surface area contributed by atoms with Gasteiger partial charge in [0, 0.05) is 12.1 Å². The molecule has 0 saturated heterocycles. The normalized spacial score (nSPS) is 10.5. The van der Waals surface area contributed by atoms with E-state index in [4.69, 9.17) is 14.6 Å². The number of thiophene rings is 1. The molecule has 0 bridgehead atoms. The molecule has 4 rings (SSSR count). The Bertz CT molecular complexity index is 1400. The predicted octanol–water partition coefficient (Wildman–Crippen LogP) is 2.69. The number of carboxylic acids is 1. The van der Waals surface area contributed by atoms with Crippen LogP contribution in [0, 0.1) is 0 Å². The summed E-state index contributed by atoms with van der Waals surface area (Å²) < 4.78 is 10.9. The van der Waals surface area contributed by atoms with Crippen LogP contribution in [-0.4, -0.2) is 85.4 Å². The molecular formula is C24H22KN3O6S. The van der Waals surface area contributed by atoms with E-state index in [1.54, 1.807) is 24.6 Å². The van der Waals surface area contributed by atoms with Gasteiger partial charge in [0.05, 0.1) is 31.3 Å². The fourth-order valence-electron chi connectivity index (χ4n) is 3.29. The van der Waals surface area contributed by atoms with Crippen LogP contribution in [0.3, 0.4) is 0 Å². The average molecular weight is 520 g/mol. The van der Waals surface area contributed by atoms with Crippen molar-refractivity contribution in [3.63, 3.8) is 0 Å². The molecule has 0 saturated carbocycles. The molecule has 0 aliphatic heterocycles. The first-order valence-corrected chi connectivity index (χ1v) is 11.1. The number of H-pyrrole nitrogens is 1. The first-order chi connectivity index (χ1) is 16.4. The van der Waals surface area contributed by atoms with Gasteiger partial charge in [-0.2, -0.15) is 0 Å². The van der Waals surface area contributed by atoms with Crippen LogP contribution in [0.1, 0.15) is 37.7 Å². The number of carbonyl (C=O) groups is 2. The van der Waals surface area contributed by atoms with E-state index in [1.165, 1.54) is 23.5 Å². The van der Waals surface area contributed by atoms with Gasteiger partial charge in [0.1, 0.15) is 10.6 Å². The van der Waals surface area contributed by atoms with Crippen molar-refractivity contribution in [1.82, 2.24) is 15.3 Å². The number of carboxylic acid groups (broad SMARTS) is 1. The molecule has 1 amide bonds. The predicted molar refractivity (Wildman–Crippen MR) is 133 cm³/mol. The van der Waals surface area contributed by atoms with Gasteiger partial charge in [0.15, 0.2) is 0 Å². The molecule has 2 aromatic heterocycles. The second kappa shape index (κ2) is 12.5. The maximum atomic E-state index is 12.7. The van der Waals surface area contributed by atoms with Gasteiger partial charge < -0.3 is 24.9 Å². The molecule has 2 aromatic carbocycles. The van der Waals surface area contributed by atoms with Gasteiger partial charge in [0.25, 0.3) is 11.5 Å². The average Bonchev–Trinajstić information content (AvgIpc) is 3.26. The molecule has 4 aromatic rings. The Morgan fingerprint density at radius 1 is 1.11 bits per heavy atom. The number of aromatic nitrogens is 2. The zero-order chi connectivity index (χ0) is 24.1. The van der Waals surface area contributed by atoms with E-state index in [9.17, 15) is 14.4 Å². The summed E-state index contributed by atoms with van der Waals surface area (Å²) >= 11 is 1.26. The fourth-order valence-corrected chi connectivity index (χ4v) is 4.22. The molecule has 0 unspecified atom stereocenters. The number of carbonyl (C=O) groups excluding carboxylic acids is 1. The molecule has 0 spiro atoms. The third-order valence-corrected chi connectivity index (χ3v) is 5.97. The molecule has 2 heterocycles. The Morgan fingerprint density at radius 3 is 2.60 bits per heavy atom. The zero-order valence-corrected chi connectivity index (χ0v) is 19.0. The summed E-state index contributed by atoms with van der Waals surface area (Å²) in [5, 5.41) is 13.9. The summed E-state index contributed by atoms with van der Waals surface area (Å²) in [6.45, 7) is 0.689. The number of rotatable bonds is 9. The number of nitrogens with zero attached hydrogens (tertiary/aromatic N) is 1. The summed E-state index contributed by atoms with van der Waals surface area (Å²) in [4.78, 5) is 43.5. The van der Waals surface area contributed by atoms with E-state index in [-0.39, 0.29) is 82.5 Å². The summed E-state index contributed by atoms with van der Waals surface area (Å²) in [6, 6.07) is 13.7. The number of fused-ring (bicyclic) bond motifs is 1. The molecule has 0 aliphatic carbocycles. The number of aromatic amines is 1. The van der Waals surface area contributed by atoms with Crippen LogP contribution in [0.2, 0.25) is 0 Å². The van der Waals surface area contributed by atoms with Crippen LogP contribution >= 0.6 is 11.3 Å². The number of benzene rings is 2. The Kier molecular flexibility index (Phi) is 9.75. The van der Waals surface area contributed by atoms with Gasteiger partial charge >= 0.3 is 57.4 Å². The van der Waals surface area contributed by atoms with Crippen molar-refractivity contribution in [2.45, 2.75) is 19.8 Å². The monoisotopic (exact) mass is 519 g/mol. The summed E-state index contributed by atoms with van der Waals surface area (Å²) in [6.07, 6.45) is 0. The van der Waals surface area contributed by atoms with E-state index in [2.05, 4.69) is 15.3 Å². The van der Waals surface area contributed by atoms with Crippen molar-refractivity contribution in [3.05, 3.63) is 92.3 Å². The first kappa shape index (κ1) is 27.2. The van der Waals surface area contributed by atoms with Crippen LogP contribution in [0.15, 0.2) is 58.7 Å². The maximum absolute atomic E-state index is 12.7. The molecule has 9 nitrogen and oxygen atoms in total. The van der Waals surface area contributed by atoms with E-state index in [1.807, 2.05) is 24.3 Å². The molecule has 0 aliphatic rings. The minimum atomic E-state index is -0.989. The van der Waals surface area contributed by atoms with Crippen molar-refractivity contribution in [2.75, 3.05) is 7.11 Å². The topological polar surface area (TPSA) is 131 Å². The SMILES string of the molecule is COc1cccc(CNC(=O)c2nc3scc(COCc4ccc(C(=O)O)cc4)c3c(=O)[nH]2)c1.[KH]. The van der Waals surface area contributed by atoms with E-state index < -0.39 is 17.4 Å². The quantitative estimate of drug-likeness (QED) is 0.290. The standard InChI is InChI=1S/C24H21N3O6S.K.H/c1-32-18-4-2-3-15(9-18)10-25-22(29)20-26-21(28)19-17(13-34-23(19)27-20)12-33-11-14-5-7-16(8-6-14)24(30)31;;/h2-9,13H,10-12H2,1H3,(H,25,29)(H,30,31)(H,26,27,28);;. The van der Waals surface area contributed by atoms with Gasteiger partial charge in [0.2, 0.25) is 5.82 Å². The number of nitrogens with one attached hydrogen (secondary N) is 2. The summed E-state index contributed by atoms with van der Waals surface area (Å²) in [7, 11) is 1.57. The molecule has 0 fully saturated rings. The zero-order valence-electron chi connectivity index (χ0n) is 18.2. The summed E-state index contributed by atoms with van der Waals surface area (Å²) in [5.74, 6) is -0.853. The van der Waals surface area contributed by atoms with Crippen LogP contribution in [-0.2, 0) is 24.5 Å². The number of hydrogen-bond acceptors (Lipinski definition) is 7. The number of methoxy groups -OCH3 is 1. The number of amides is 1. The molecule has 0 atom stereocenters. The van der Waals surface area contributed by atoms with Crippen molar-refractivity contribution < 1.29 is 24.2 Å². The number of hydrogen-bond donors (Lipinski definition) is 3. The Labute approximate surface area is 246 Å². The molecule has 3 N–H and O–H groups in total. The number of aromatic carboxylic acids is 1. The van der Waals surface area contributed by atoms with Gasteiger partial charge in [-0.25, -0.2) is 9.78 Å². The van der Waals surface area contributed by atoms with E-state index in [0.29, 0.717) is 21.5 Å². The first-order valence-electron chi connectivity index (χ1n) is 10.3. The van der Waals surface area contributed by atoms with Crippen LogP contribution in [0.25, 0.3) is 10.2 Å². The van der Waals surface area contributed by atoms with E-state index in [0.717, 1.165) is 11.1 Å². The van der Waals surface area contributed by atoms with Gasteiger partial charge in [-0.1, -0.05) is 24.3 Å². The van der Waals surface area contributed by atoms with Gasteiger partial charge in [-0.15, -0.1) is 11.3 Å². The third kappa shape index (κ3) is 6.85. The van der Waals surface area contributed by atoms with Crippen molar-refractivity contribution in [1.29, 1.82) is 0 Å². The van der Waals surface area contributed by atoms with Crippen molar-refractivity contribution in [2.24, 2.45) is 0 Å². The molecule has 35 heavy (non-hydrogen) atoms. The van der Waals surface area contributed by atoms with Crippen LogP contribution in [0.4, 0.5) is 0 Å². The molecule has 11 heteroatoms. The van der Waals surface area contributed by atoms with Gasteiger partial charge in [-0.3, -0.25) is 9.59 Å². The molecule has 0 radical (unpaired) electrons. The van der Waals surface area contributed by atoms with E-state index >= 15 is 0 Å². The second-order valence-electron chi connectivity index (χ2n) is 7.38. The molecular weight excluding hydrogens is 497 g/mol. The second-order valence-corrected chi connectivity index (χ2v) is 8.24. The van der Waals surface area contributed by atoms with Crippen molar-refractivity contribution in [3.8, 4) is 5.75 Å². The number of ether oxygens (including phenoxy) is 2. The Hall–Kier alpha value is -2.38. The minimum absolute atomic E-state index is 0. The van der Waals surface area contributed by atoms with Crippen LogP contribution in [0.5, 0.6) is 5.75 Å². The Balaban J connectivity index is 0.00000342. The fraction of sp³-hybridized carbons (Fsp3) is 0.167. The van der Waals surface area contributed by atoms with Crippen LogP contribution < -0.4 is 15.6 Å². The Morgan fingerprint density at radius 2 is 1.89 bits per heavy atom. The van der Waals surface area contributed by atoms with Crippen molar-refractivity contribution >= 4 is 84.8 Å². The summed E-state index contributed by atoms with van der Waals surface area (Å²) in [5.41, 5.74) is 2.12. The van der Waals surface area contributed by atoms with Gasteiger partial charge in [-0.05, 0) is 40.8 Å². The molecule has 176 valence electrons.